The highest BCUT2D eigenvalue weighted by atomic mass is 32.3. The molecule has 2 saturated carbocycles. The van der Waals surface area contributed by atoms with Crippen LogP contribution >= 0.6 is 22.8 Å². The third kappa shape index (κ3) is 5.33. The van der Waals surface area contributed by atoms with E-state index < -0.39 is 21.2 Å². The zero-order chi connectivity index (χ0) is 27.2. The van der Waals surface area contributed by atoms with Gasteiger partial charge in [-0.25, -0.2) is 14.4 Å². The number of nitrogens with zero attached hydrogens (tertiary/aromatic N) is 3. The first-order valence-corrected chi connectivity index (χ1v) is 15.2. The Bertz CT molecular complexity index is 1360. The summed E-state index contributed by atoms with van der Waals surface area (Å²) in [5.41, 5.74) is 2.25. The Labute approximate surface area is 234 Å². The third-order valence-corrected chi connectivity index (χ3v) is 10.4. The Morgan fingerprint density at radius 1 is 1.10 bits per heavy atom. The summed E-state index contributed by atoms with van der Waals surface area (Å²) in [6.07, 6.45) is 3.42. The first kappa shape index (κ1) is 26.4. The van der Waals surface area contributed by atoms with Gasteiger partial charge in [0.2, 0.25) is 0 Å². The summed E-state index contributed by atoms with van der Waals surface area (Å²) in [6, 6.07) is 15.6. The van der Waals surface area contributed by atoms with E-state index in [0.29, 0.717) is 60.2 Å². The van der Waals surface area contributed by atoms with E-state index in [1.165, 1.54) is 24.3 Å². The van der Waals surface area contributed by atoms with Crippen LogP contribution in [-0.4, -0.2) is 56.0 Å². The Balaban J connectivity index is 1.36. The number of nitrogens with one attached hydrogen (secondary N) is 2. The molecule has 39 heavy (non-hydrogen) atoms. The van der Waals surface area contributed by atoms with Gasteiger partial charge in [0.25, 0.3) is 0 Å². The summed E-state index contributed by atoms with van der Waals surface area (Å²) in [4.78, 5) is 12.3. The maximum absolute atomic E-state index is 13.6. The number of halogens is 1. The lowest BCUT2D eigenvalue weighted by Crippen LogP contribution is -2.44. The standard InChI is InChI=1S/C28H32FN5O3S2/c1-18-17-37-15-14-34(18)25-16-24(28(12-13-28)39(35,36)23-10-4-20(29)5-11-23)32-26(33-25)19-2-6-21(7-3-19)30-27(38)31-22-8-9-22/h2-7,10-11,16,18,22,35-36H,8-9,12-15,17H2,1H3,(H2,30,31,38)/t18-/m0/s1. The zero-order valence-electron chi connectivity index (χ0n) is 21.6. The molecule has 0 bridgehead atoms. The van der Waals surface area contributed by atoms with Gasteiger partial charge in [-0.2, -0.15) is 10.6 Å². The second kappa shape index (κ2) is 10.3. The quantitative estimate of drug-likeness (QED) is 0.265. The first-order valence-electron chi connectivity index (χ1n) is 13.2. The molecule has 8 nitrogen and oxygen atoms in total. The van der Waals surface area contributed by atoms with Crippen LogP contribution in [0.1, 0.15) is 38.3 Å². The molecular formula is C28H32FN5O3S2. The van der Waals surface area contributed by atoms with E-state index in [-0.39, 0.29) is 6.04 Å². The third-order valence-electron chi connectivity index (χ3n) is 7.55. The van der Waals surface area contributed by atoms with Crippen LogP contribution in [0.5, 0.6) is 0 Å². The minimum atomic E-state index is -3.31. The van der Waals surface area contributed by atoms with E-state index in [4.69, 9.17) is 26.9 Å². The molecule has 206 valence electrons. The molecule has 1 aliphatic heterocycles. The molecule has 2 heterocycles. The van der Waals surface area contributed by atoms with Gasteiger partial charge in [0, 0.05) is 29.9 Å². The molecule has 0 radical (unpaired) electrons. The number of morpholine rings is 1. The summed E-state index contributed by atoms with van der Waals surface area (Å²) in [5.74, 6) is 0.809. The van der Waals surface area contributed by atoms with Crippen LogP contribution < -0.4 is 15.5 Å². The summed E-state index contributed by atoms with van der Waals surface area (Å²) >= 11 is 5.40. The summed E-state index contributed by atoms with van der Waals surface area (Å²) in [6.45, 7) is 3.93. The van der Waals surface area contributed by atoms with Gasteiger partial charge in [-0.1, -0.05) is 0 Å². The molecule has 0 unspecified atom stereocenters. The molecule has 6 rings (SSSR count). The second-order valence-corrected chi connectivity index (χ2v) is 13.3. The number of benzene rings is 2. The Morgan fingerprint density at radius 2 is 1.82 bits per heavy atom. The van der Waals surface area contributed by atoms with E-state index >= 15 is 0 Å². The van der Waals surface area contributed by atoms with Gasteiger partial charge in [-0.05, 0) is 93.4 Å². The predicted molar refractivity (Wildman–Crippen MR) is 156 cm³/mol. The smallest absolute Gasteiger partial charge is 0.170 e. The van der Waals surface area contributed by atoms with E-state index in [2.05, 4.69) is 22.5 Å². The van der Waals surface area contributed by atoms with Crippen molar-refractivity contribution in [1.82, 2.24) is 15.3 Å². The monoisotopic (exact) mass is 569 g/mol. The molecule has 0 spiro atoms. The molecule has 11 heteroatoms. The number of rotatable bonds is 7. The van der Waals surface area contributed by atoms with Crippen LogP contribution in [0.4, 0.5) is 15.9 Å². The van der Waals surface area contributed by atoms with E-state index in [9.17, 15) is 13.5 Å². The molecule has 1 saturated heterocycles. The van der Waals surface area contributed by atoms with Crippen molar-refractivity contribution in [2.75, 3.05) is 30.0 Å². The van der Waals surface area contributed by atoms with Crippen LogP contribution in [0.2, 0.25) is 0 Å². The van der Waals surface area contributed by atoms with Crippen LogP contribution in [0.3, 0.4) is 0 Å². The lowest BCUT2D eigenvalue weighted by atomic mass is 10.1. The molecule has 3 fully saturated rings. The average molecular weight is 570 g/mol. The number of anilines is 2. The maximum Gasteiger partial charge on any atom is 0.170 e. The van der Waals surface area contributed by atoms with E-state index in [0.717, 1.165) is 29.9 Å². The highest BCUT2D eigenvalue weighted by Gasteiger charge is 2.57. The molecule has 3 aromatic rings. The Kier molecular flexibility index (Phi) is 6.96. The van der Waals surface area contributed by atoms with Crippen molar-refractivity contribution in [3.8, 4) is 11.4 Å². The van der Waals surface area contributed by atoms with Gasteiger partial charge in [0.1, 0.15) is 16.4 Å². The second-order valence-electron chi connectivity index (χ2n) is 10.5. The molecule has 1 aromatic heterocycles. The lowest BCUT2D eigenvalue weighted by molar-refractivity contribution is 0.0985. The number of ether oxygens (including phenoxy) is 1. The fraction of sp³-hybridized carbons (Fsp3) is 0.393. The SMILES string of the molecule is C[C@H]1COCCN1c1cc(C2(S(O)(O)c3ccc(F)cc3)CC2)nc(-c2ccc(NC(=S)NC3CC3)cc2)n1. The summed E-state index contributed by atoms with van der Waals surface area (Å²) in [5, 5.41) is 7.09. The normalized spacial score (nSPS) is 20.8. The van der Waals surface area contributed by atoms with Crippen molar-refractivity contribution in [2.45, 2.75) is 54.3 Å². The first-order chi connectivity index (χ1) is 18.7. The van der Waals surface area contributed by atoms with Crippen molar-refractivity contribution >= 4 is 39.4 Å². The van der Waals surface area contributed by atoms with Crippen LogP contribution in [-0.2, 0) is 9.48 Å². The van der Waals surface area contributed by atoms with Gasteiger partial charge in [-0.15, -0.1) is 0 Å². The predicted octanol–water partition coefficient (Wildman–Crippen LogP) is 5.76. The van der Waals surface area contributed by atoms with Crippen LogP contribution in [0.15, 0.2) is 59.5 Å². The maximum atomic E-state index is 13.6. The largest absolute Gasteiger partial charge is 0.377 e. The molecule has 3 aliphatic rings. The van der Waals surface area contributed by atoms with Crippen LogP contribution in [0.25, 0.3) is 11.4 Å². The van der Waals surface area contributed by atoms with Gasteiger partial charge in [-0.3, -0.25) is 9.11 Å². The highest BCUT2D eigenvalue weighted by molar-refractivity contribution is 8.25. The molecule has 2 aromatic carbocycles. The minimum Gasteiger partial charge on any atom is -0.377 e. The van der Waals surface area contributed by atoms with E-state index in [1.807, 2.05) is 30.3 Å². The van der Waals surface area contributed by atoms with Gasteiger partial charge < -0.3 is 20.3 Å². The van der Waals surface area contributed by atoms with Gasteiger partial charge in [0.05, 0.1) is 29.8 Å². The Hall–Kier alpha value is -2.83. The van der Waals surface area contributed by atoms with Gasteiger partial charge in [0.15, 0.2) is 10.9 Å². The Morgan fingerprint density at radius 3 is 2.46 bits per heavy atom. The average Bonchev–Trinajstić information content (AvgIpc) is 3.85. The number of thiocarbonyl (C=S) groups is 1. The fourth-order valence-corrected chi connectivity index (χ4v) is 7.26. The van der Waals surface area contributed by atoms with Crippen LogP contribution in [0, 0.1) is 5.82 Å². The van der Waals surface area contributed by atoms with E-state index in [1.54, 1.807) is 0 Å². The topological polar surface area (TPSA) is 103 Å². The van der Waals surface area contributed by atoms with Crippen molar-refractivity contribution in [1.29, 1.82) is 0 Å². The molecule has 2 aliphatic carbocycles. The van der Waals surface area contributed by atoms with Crippen molar-refractivity contribution in [2.24, 2.45) is 0 Å². The molecule has 0 amide bonds. The van der Waals surface area contributed by atoms with Crippen molar-refractivity contribution in [3.63, 3.8) is 0 Å². The molecule has 1 atom stereocenters. The lowest BCUT2D eigenvalue weighted by Gasteiger charge is -2.41. The summed E-state index contributed by atoms with van der Waals surface area (Å²) in [7, 11) is -3.31. The number of aromatic nitrogens is 2. The number of hydrogen-bond acceptors (Lipinski definition) is 7. The van der Waals surface area contributed by atoms with Crippen molar-refractivity contribution in [3.05, 3.63) is 66.1 Å². The van der Waals surface area contributed by atoms with Crippen molar-refractivity contribution < 1.29 is 18.2 Å². The molecule has 4 N–H and O–H groups in total. The molecular weight excluding hydrogens is 537 g/mol. The zero-order valence-corrected chi connectivity index (χ0v) is 23.3. The highest BCUT2D eigenvalue weighted by Crippen LogP contribution is 2.75. The number of hydrogen-bond donors (Lipinski definition) is 4. The van der Waals surface area contributed by atoms with Gasteiger partial charge >= 0.3 is 0 Å². The minimum absolute atomic E-state index is 0.105. The fourth-order valence-electron chi connectivity index (χ4n) is 4.94. The summed E-state index contributed by atoms with van der Waals surface area (Å²) < 4.78 is 41.3.